The molecule has 0 amide bonds. The largest absolute Gasteiger partial charge is 0.374 e. The second-order valence-electron chi connectivity index (χ2n) is 3.33. The number of rotatable bonds is 7. The molecule has 1 heterocycles. The molecule has 3 N–H and O–H groups in total. The molecular formula is C8H17N5O2S2. The van der Waals surface area contributed by atoms with Gasteiger partial charge in [-0.2, -0.15) is 0 Å². The molecule has 0 aliphatic carbocycles. The second-order valence-corrected chi connectivity index (χ2v) is 6.28. The number of likely N-dealkylation sites (N-methyl/N-ethyl adjacent to an activating group) is 1. The Morgan fingerprint density at radius 1 is 1.35 bits per heavy atom. The van der Waals surface area contributed by atoms with Crippen LogP contribution >= 0.6 is 11.3 Å². The lowest BCUT2D eigenvalue weighted by molar-refractivity contribution is 0.309. The molecule has 0 unspecified atom stereocenters. The van der Waals surface area contributed by atoms with Gasteiger partial charge in [-0.1, -0.05) is 25.2 Å². The van der Waals surface area contributed by atoms with Gasteiger partial charge in [0.25, 0.3) is 10.0 Å². The average Bonchev–Trinajstić information content (AvgIpc) is 2.72. The molecule has 0 spiro atoms. The molecule has 98 valence electrons. The Hall–Kier alpha value is -0.770. The molecule has 0 fully saturated rings. The van der Waals surface area contributed by atoms with E-state index in [1.54, 1.807) is 0 Å². The van der Waals surface area contributed by atoms with E-state index in [2.05, 4.69) is 19.8 Å². The third kappa shape index (κ3) is 4.19. The SMILES string of the molecule is CCN(CC)CCNS(=O)(=O)c1nnc(N)s1. The zero-order chi connectivity index (χ0) is 12.9. The van der Waals surface area contributed by atoms with E-state index in [0.29, 0.717) is 13.1 Å². The van der Waals surface area contributed by atoms with Gasteiger partial charge in [-0.3, -0.25) is 0 Å². The number of nitrogens with two attached hydrogens (primary N) is 1. The molecule has 1 rings (SSSR count). The normalized spacial score (nSPS) is 12.2. The molecule has 0 aliphatic heterocycles. The third-order valence-electron chi connectivity index (χ3n) is 2.27. The third-order valence-corrected chi connectivity index (χ3v) is 4.85. The highest BCUT2D eigenvalue weighted by Crippen LogP contribution is 2.15. The molecule has 0 aromatic carbocycles. The number of anilines is 1. The van der Waals surface area contributed by atoms with Crippen molar-refractivity contribution in [3.8, 4) is 0 Å². The van der Waals surface area contributed by atoms with E-state index in [0.717, 1.165) is 24.4 Å². The molecule has 1 aromatic rings. The summed E-state index contributed by atoms with van der Waals surface area (Å²) in [5, 5.41) is 7.13. The van der Waals surface area contributed by atoms with Crippen molar-refractivity contribution in [2.45, 2.75) is 18.2 Å². The average molecular weight is 279 g/mol. The number of nitrogens with zero attached hydrogens (tertiary/aromatic N) is 3. The van der Waals surface area contributed by atoms with Crippen LogP contribution in [0.4, 0.5) is 5.13 Å². The summed E-state index contributed by atoms with van der Waals surface area (Å²) >= 11 is 0.857. The zero-order valence-corrected chi connectivity index (χ0v) is 11.5. The molecular weight excluding hydrogens is 262 g/mol. The summed E-state index contributed by atoms with van der Waals surface area (Å²) in [6, 6.07) is 0. The minimum absolute atomic E-state index is 0.0884. The van der Waals surface area contributed by atoms with Gasteiger partial charge in [-0.25, -0.2) is 13.1 Å². The molecule has 0 bridgehead atoms. The molecule has 0 aliphatic rings. The van der Waals surface area contributed by atoms with Crippen LogP contribution in [-0.2, 0) is 10.0 Å². The Labute approximate surface area is 105 Å². The van der Waals surface area contributed by atoms with E-state index >= 15 is 0 Å². The molecule has 17 heavy (non-hydrogen) atoms. The molecule has 1 aromatic heterocycles. The maximum absolute atomic E-state index is 11.7. The maximum Gasteiger partial charge on any atom is 0.269 e. The summed E-state index contributed by atoms with van der Waals surface area (Å²) in [5.41, 5.74) is 5.34. The number of nitrogen functional groups attached to an aromatic ring is 1. The Balaban J connectivity index is 2.51. The van der Waals surface area contributed by atoms with Gasteiger partial charge >= 0.3 is 0 Å². The van der Waals surface area contributed by atoms with Crippen molar-refractivity contribution in [3.63, 3.8) is 0 Å². The van der Waals surface area contributed by atoms with Gasteiger partial charge in [0, 0.05) is 13.1 Å². The molecule has 0 saturated carbocycles. The van der Waals surface area contributed by atoms with E-state index in [9.17, 15) is 8.42 Å². The predicted molar refractivity (Wildman–Crippen MR) is 67.3 cm³/mol. The first-order valence-electron chi connectivity index (χ1n) is 5.30. The first kappa shape index (κ1) is 14.3. The predicted octanol–water partition coefficient (Wildman–Crippen LogP) is -0.260. The zero-order valence-electron chi connectivity index (χ0n) is 9.88. The van der Waals surface area contributed by atoms with Crippen LogP contribution in [0, 0.1) is 0 Å². The van der Waals surface area contributed by atoms with Gasteiger partial charge in [-0.15, -0.1) is 10.2 Å². The quantitative estimate of drug-likeness (QED) is 0.713. The van der Waals surface area contributed by atoms with Crippen molar-refractivity contribution in [2.24, 2.45) is 0 Å². The highest BCUT2D eigenvalue weighted by Gasteiger charge is 2.18. The summed E-state index contributed by atoms with van der Waals surface area (Å²) in [5.74, 6) is 0. The van der Waals surface area contributed by atoms with Gasteiger partial charge in [0.1, 0.15) is 0 Å². The fourth-order valence-corrected chi connectivity index (χ4v) is 3.11. The highest BCUT2D eigenvalue weighted by molar-refractivity contribution is 7.91. The Morgan fingerprint density at radius 3 is 2.47 bits per heavy atom. The van der Waals surface area contributed by atoms with Crippen LogP contribution < -0.4 is 10.5 Å². The summed E-state index contributed by atoms with van der Waals surface area (Å²) in [6.07, 6.45) is 0. The number of hydrogen-bond donors (Lipinski definition) is 2. The highest BCUT2D eigenvalue weighted by atomic mass is 32.2. The first-order valence-corrected chi connectivity index (χ1v) is 7.60. The fraction of sp³-hybridized carbons (Fsp3) is 0.750. The van der Waals surface area contributed by atoms with E-state index in [1.807, 2.05) is 13.8 Å². The van der Waals surface area contributed by atoms with Gasteiger partial charge in [0.05, 0.1) is 0 Å². The van der Waals surface area contributed by atoms with Crippen molar-refractivity contribution in [2.75, 3.05) is 31.9 Å². The maximum atomic E-state index is 11.7. The summed E-state index contributed by atoms with van der Waals surface area (Å²) in [7, 11) is -3.56. The topological polar surface area (TPSA) is 101 Å². The number of aromatic nitrogens is 2. The van der Waals surface area contributed by atoms with Crippen molar-refractivity contribution < 1.29 is 8.42 Å². The molecule has 7 nitrogen and oxygen atoms in total. The van der Waals surface area contributed by atoms with E-state index in [-0.39, 0.29) is 9.47 Å². The van der Waals surface area contributed by atoms with Gasteiger partial charge in [-0.05, 0) is 13.1 Å². The summed E-state index contributed by atoms with van der Waals surface area (Å²) < 4.78 is 25.8. The fourth-order valence-electron chi connectivity index (χ4n) is 1.27. The van der Waals surface area contributed by atoms with Gasteiger partial charge in [0.15, 0.2) is 0 Å². The van der Waals surface area contributed by atoms with Crippen LogP contribution in [0.25, 0.3) is 0 Å². The summed E-state index contributed by atoms with van der Waals surface area (Å²) in [4.78, 5) is 2.12. The van der Waals surface area contributed by atoms with Crippen LogP contribution in [0.2, 0.25) is 0 Å². The van der Waals surface area contributed by atoms with Crippen molar-refractivity contribution in [1.29, 1.82) is 0 Å². The molecule has 9 heteroatoms. The van der Waals surface area contributed by atoms with E-state index < -0.39 is 10.0 Å². The minimum atomic E-state index is -3.56. The summed E-state index contributed by atoms with van der Waals surface area (Å²) in [6.45, 7) is 6.87. The van der Waals surface area contributed by atoms with Crippen LogP contribution in [0.15, 0.2) is 4.34 Å². The van der Waals surface area contributed by atoms with Crippen LogP contribution in [0.5, 0.6) is 0 Å². The molecule has 0 saturated heterocycles. The monoisotopic (exact) mass is 279 g/mol. The number of sulfonamides is 1. The van der Waals surface area contributed by atoms with Crippen LogP contribution in [0.1, 0.15) is 13.8 Å². The lowest BCUT2D eigenvalue weighted by Crippen LogP contribution is -2.34. The van der Waals surface area contributed by atoms with Crippen LogP contribution in [-0.4, -0.2) is 49.7 Å². The van der Waals surface area contributed by atoms with Crippen molar-refractivity contribution in [1.82, 2.24) is 19.8 Å². The lowest BCUT2D eigenvalue weighted by atomic mass is 10.5. The molecule has 0 radical (unpaired) electrons. The van der Waals surface area contributed by atoms with Crippen molar-refractivity contribution in [3.05, 3.63) is 0 Å². The smallest absolute Gasteiger partial charge is 0.269 e. The Bertz CT molecular complexity index is 441. The first-order chi connectivity index (χ1) is 7.99. The van der Waals surface area contributed by atoms with Crippen LogP contribution in [0.3, 0.4) is 0 Å². The number of nitrogens with one attached hydrogen (secondary N) is 1. The Kier molecular flexibility index (Phi) is 5.25. The van der Waals surface area contributed by atoms with Crippen molar-refractivity contribution >= 4 is 26.5 Å². The lowest BCUT2D eigenvalue weighted by Gasteiger charge is -2.17. The Morgan fingerprint density at radius 2 is 2.00 bits per heavy atom. The van der Waals surface area contributed by atoms with Gasteiger partial charge in [0.2, 0.25) is 9.47 Å². The standard InChI is InChI=1S/C8H17N5O2S2/c1-3-13(4-2)6-5-10-17(14,15)8-12-11-7(9)16-8/h10H,3-6H2,1-2H3,(H2,9,11). The minimum Gasteiger partial charge on any atom is -0.374 e. The molecule has 0 atom stereocenters. The second kappa shape index (κ2) is 6.24. The number of hydrogen-bond acceptors (Lipinski definition) is 7. The van der Waals surface area contributed by atoms with E-state index in [1.165, 1.54) is 0 Å². The van der Waals surface area contributed by atoms with E-state index in [4.69, 9.17) is 5.73 Å². The van der Waals surface area contributed by atoms with Gasteiger partial charge < -0.3 is 10.6 Å².